The molecule has 3 aliphatic rings. The average molecular weight is 539 g/mol. The molecule has 2 saturated heterocycles. The van der Waals surface area contributed by atoms with E-state index in [4.69, 9.17) is 16.6 Å². The van der Waals surface area contributed by atoms with Gasteiger partial charge >= 0.3 is 0 Å². The highest BCUT2D eigenvalue weighted by Gasteiger charge is 2.38. The van der Waals surface area contributed by atoms with E-state index in [-0.39, 0.29) is 18.0 Å². The zero-order valence-corrected chi connectivity index (χ0v) is 22.4. The van der Waals surface area contributed by atoms with Crippen LogP contribution in [0.2, 0.25) is 5.02 Å². The number of carbonyl (C=O) groups is 1. The number of aliphatic hydroxyl groups is 1. The van der Waals surface area contributed by atoms with Crippen LogP contribution in [0, 0.1) is 0 Å². The van der Waals surface area contributed by atoms with Crippen LogP contribution in [0.4, 0.5) is 5.69 Å². The third kappa shape index (κ3) is 6.35. The summed E-state index contributed by atoms with van der Waals surface area (Å²) in [6, 6.07) is 15.2. The van der Waals surface area contributed by atoms with Gasteiger partial charge in [0, 0.05) is 42.8 Å². The first-order chi connectivity index (χ1) is 18.4. The van der Waals surface area contributed by atoms with Gasteiger partial charge in [-0.05, 0) is 85.4 Å². The second-order valence-corrected chi connectivity index (χ2v) is 10.8. The largest absolute Gasteiger partial charge is 0.385 e. The molecule has 2 unspecified atom stereocenters. The first-order valence-electron chi connectivity index (χ1n) is 13.4. The van der Waals surface area contributed by atoms with Crippen molar-refractivity contribution in [3.63, 3.8) is 0 Å². The van der Waals surface area contributed by atoms with Gasteiger partial charge in [-0.1, -0.05) is 23.7 Å². The molecule has 0 saturated carbocycles. The second kappa shape index (κ2) is 11.8. The van der Waals surface area contributed by atoms with Crippen LogP contribution in [0.3, 0.4) is 0 Å². The van der Waals surface area contributed by atoms with E-state index in [2.05, 4.69) is 33.1 Å². The molecule has 38 heavy (non-hydrogen) atoms. The fraction of sp³-hybridized carbons (Fsp3) is 0.464. The van der Waals surface area contributed by atoms with Crippen molar-refractivity contribution in [2.24, 2.45) is 4.99 Å². The molecule has 0 spiro atoms. The molecule has 10 heteroatoms. The number of aliphatic imine (C=N–C) groups is 1. The molecule has 0 radical (unpaired) electrons. The number of hydrazone groups is 2. The molecule has 0 aromatic heterocycles. The molecule has 3 aliphatic heterocycles. The fourth-order valence-corrected chi connectivity index (χ4v) is 5.64. The van der Waals surface area contributed by atoms with Crippen LogP contribution >= 0.6 is 11.6 Å². The Morgan fingerprint density at radius 3 is 2.53 bits per heavy atom. The Balaban J connectivity index is 1.14. The molecule has 5 rings (SSSR count). The number of hydrazine groups is 2. The van der Waals surface area contributed by atoms with E-state index in [0.29, 0.717) is 23.4 Å². The maximum absolute atomic E-state index is 12.5. The normalized spacial score (nSPS) is 23.4. The highest BCUT2D eigenvalue weighted by Crippen LogP contribution is 2.34. The molecule has 9 nitrogen and oxygen atoms in total. The van der Waals surface area contributed by atoms with Crippen molar-refractivity contribution >= 4 is 35.7 Å². The number of hydrogen-bond donors (Lipinski definition) is 5. The summed E-state index contributed by atoms with van der Waals surface area (Å²) in [5, 5.41) is 18.3. The lowest BCUT2D eigenvalue weighted by atomic mass is 9.83. The molecule has 0 aliphatic carbocycles. The fourth-order valence-electron chi connectivity index (χ4n) is 5.51. The van der Waals surface area contributed by atoms with Crippen LogP contribution in [0.15, 0.2) is 53.5 Å². The van der Waals surface area contributed by atoms with Crippen LogP contribution in [-0.4, -0.2) is 78.1 Å². The Morgan fingerprint density at radius 2 is 1.84 bits per heavy atom. The van der Waals surface area contributed by atoms with E-state index in [9.17, 15) is 9.90 Å². The van der Waals surface area contributed by atoms with Gasteiger partial charge in [0.15, 0.2) is 12.6 Å². The number of nitrogens with one attached hydrogen (secondary N) is 4. The van der Waals surface area contributed by atoms with E-state index >= 15 is 0 Å². The number of anilines is 1. The Hall–Kier alpha value is -2.98. The number of benzene rings is 2. The summed E-state index contributed by atoms with van der Waals surface area (Å²) in [7, 11) is 0. The lowest BCUT2D eigenvalue weighted by molar-refractivity contribution is -0.532. The van der Waals surface area contributed by atoms with Gasteiger partial charge in [-0.25, -0.2) is 0 Å². The number of nitrogens with zero attached hydrogens (tertiary/aromatic N) is 3. The quantitative estimate of drug-likeness (QED) is 0.211. The van der Waals surface area contributed by atoms with Crippen molar-refractivity contribution in [3.8, 4) is 0 Å². The van der Waals surface area contributed by atoms with E-state index in [1.807, 2.05) is 48.5 Å². The average Bonchev–Trinajstić information content (AvgIpc) is 3.43. The monoisotopic (exact) mass is 538 g/mol. The molecule has 1 amide bonds. The van der Waals surface area contributed by atoms with Gasteiger partial charge in [0.2, 0.25) is 0 Å². The third-order valence-electron chi connectivity index (χ3n) is 7.74. The lowest BCUT2D eigenvalue weighted by Gasteiger charge is -2.42. The first-order valence-corrected chi connectivity index (χ1v) is 13.8. The van der Waals surface area contributed by atoms with E-state index in [1.54, 1.807) is 4.79 Å². The molecule has 2 aromatic rings. The second-order valence-electron chi connectivity index (χ2n) is 10.4. The zero-order valence-electron chi connectivity index (χ0n) is 21.6. The highest BCUT2D eigenvalue weighted by atomic mass is 35.5. The number of amides is 1. The minimum absolute atomic E-state index is 0.0567. The Bertz CT molecular complexity index is 1150. The van der Waals surface area contributed by atoms with Gasteiger partial charge in [-0.15, -0.1) is 10.9 Å². The summed E-state index contributed by atoms with van der Waals surface area (Å²) >= 11 is 6.03. The number of likely N-dealkylation sites (tertiary alicyclic amines) is 1. The number of halogens is 1. The highest BCUT2D eigenvalue weighted by molar-refractivity contribution is 6.30. The summed E-state index contributed by atoms with van der Waals surface area (Å²) in [6.07, 6.45) is 4.29. The maximum atomic E-state index is 12.5. The van der Waals surface area contributed by atoms with Crippen molar-refractivity contribution in [2.75, 3.05) is 38.1 Å². The van der Waals surface area contributed by atoms with E-state index < -0.39 is 5.60 Å². The van der Waals surface area contributed by atoms with E-state index in [0.717, 1.165) is 69.1 Å². The van der Waals surface area contributed by atoms with Gasteiger partial charge in [-0.3, -0.25) is 14.7 Å². The number of piperidine rings is 1. The molecule has 0 bridgehead atoms. The van der Waals surface area contributed by atoms with Crippen LogP contribution in [0.5, 0.6) is 0 Å². The number of hydrogen-bond acceptors (Lipinski definition) is 7. The van der Waals surface area contributed by atoms with Crippen LogP contribution in [0.1, 0.15) is 48.0 Å². The minimum Gasteiger partial charge on any atom is -0.385 e. The van der Waals surface area contributed by atoms with Gasteiger partial charge in [0.05, 0.1) is 17.3 Å². The lowest BCUT2D eigenvalue weighted by Crippen LogP contribution is -2.55. The Kier molecular flexibility index (Phi) is 8.28. The molecule has 2 fully saturated rings. The standard InChI is InChI=1S/C28H36ClN7O2/c1-35(33-23-10-4-20(5-11-23)27(37)32-24-12-16-30-19-24)34-26-25(3-2-15-31-26)36-17-13-28(38,14-18-36)21-6-8-22(29)9-7-21/h4-11,24-25,30,38H,1-3,12-19H2,(H2-,31,32,33,34,37)/p+1. The molecule has 2 aromatic carbocycles. The Morgan fingerprint density at radius 1 is 1.11 bits per heavy atom. The zero-order chi connectivity index (χ0) is 26.5. The number of rotatable bonds is 7. The van der Waals surface area contributed by atoms with Crippen molar-refractivity contribution in [2.45, 2.75) is 49.8 Å². The summed E-state index contributed by atoms with van der Waals surface area (Å²) in [6.45, 7) is 8.16. The summed E-state index contributed by atoms with van der Waals surface area (Å²) in [4.78, 5) is 21.2. The van der Waals surface area contributed by atoms with Gasteiger partial charge < -0.3 is 15.7 Å². The van der Waals surface area contributed by atoms with E-state index in [1.165, 1.54) is 0 Å². The third-order valence-corrected chi connectivity index (χ3v) is 7.99. The van der Waals surface area contributed by atoms with Gasteiger partial charge in [0.25, 0.3) is 5.91 Å². The molecular formula is C28H37ClN7O2+. The minimum atomic E-state index is -0.836. The van der Waals surface area contributed by atoms with Crippen LogP contribution in [-0.2, 0) is 5.60 Å². The topological polar surface area (TPSA) is 104 Å². The van der Waals surface area contributed by atoms with Gasteiger partial charge in [-0.2, -0.15) is 0 Å². The summed E-state index contributed by atoms with van der Waals surface area (Å²) in [5.41, 5.74) is 8.05. The predicted molar refractivity (Wildman–Crippen MR) is 151 cm³/mol. The van der Waals surface area contributed by atoms with Crippen molar-refractivity contribution in [1.29, 1.82) is 0 Å². The van der Waals surface area contributed by atoms with Crippen LogP contribution in [0.25, 0.3) is 0 Å². The summed E-state index contributed by atoms with van der Waals surface area (Å²) in [5.74, 6) is 0.815. The van der Waals surface area contributed by atoms with Crippen molar-refractivity contribution in [1.82, 2.24) is 21.0 Å². The van der Waals surface area contributed by atoms with Crippen molar-refractivity contribution in [3.05, 3.63) is 64.7 Å². The molecule has 5 N–H and O–H groups in total. The van der Waals surface area contributed by atoms with Crippen LogP contribution < -0.4 is 21.5 Å². The molecule has 2 atom stereocenters. The van der Waals surface area contributed by atoms with Crippen molar-refractivity contribution < 1.29 is 14.7 Å². The molecular weight excluding hydrogens is 502 g/mol. The predicted octanol–water partition coefficient (Wildman–Crippen LogP) is 2.52. The van der Waals surface area contributed by atoms with Gasteiger partial charge in [0.1, 0.15) is 0 Å². The maximum Gasteiger partial charge on any atom is 0.251 e. The smallest absolute Gasteiger partial charge is 0.251 e. The molecule has 3 heterocycles. The molecule has 202 valence electrons. The number of amidine groups is 1. The number of carbonyl (C=O) groups excluding carboxylic acids is 1. The summed E-state index contributed by atoms with van der Waals surface area (Å²) < 4.78 is 0. The Labute approximate surface area is 228 Å². The first kappa shape index (κ1) is 26.6. The SMILES string of the molecule is C=[N+](NC1=NCCCC1N1CCC(O)(c2ccc(Cl)cc2)CC1)Nc1ccc(C(=O)NC2CCNC2)cc1.